The Labute approximate surface area is 165 Å². The molecule has 0 radical (unpaired) electrons. The first-order valence-corrected chi connectivity index (χ1v) is 9.20. The molecule has 29 heavy (non-hydrogen) atoms. The molecule has 156 valence electrons. The summed E-state index contributed by atoms with van der Waals surface area (Å²) in [7, 11) is 0. The fourth-order valence-corrected chi connectivity index (χ4v) is 3.44. The van der Waals surface area contributed by atoms with Gasteiger partial charge in [0, 0.05) is 25.2 Å². The number of rotatable bonds is 6. The van der Waals surface area contributed by atoms with Crippen molar-refractivity contribution in [2.75, 3.05) is 26.4 Å². The second-order valence-corrected chi connectivity index (χ2v) is 6.96. The van der Waals surface area contributed by atoms with Gasteiger partial charge in [-0.1, -0.05) is 24.3 Å². The van der Waals surface area contributed by atoms with Crippen LogP contribution in [0.15, 0.2) is 48.5 Å². The Bertz CT molecular complexity index is 848. The lowest BCUT2D eigenvalue weighted by atomic mass is 9.74. The van der Waals surface area contributed by atoms with E-state index in [0.29, 0.717) is 26.1 Å². The smallest absolute Gasteiger partial charge is 0.419 e. The Hall–Kier alpha value is -2.61. The van der Waals surface area contributed by atoms with Gasteiger partial charge in [0.15, 0.2) is 6.61 Å². The van der Waals surface area contributed by atoms with Gasteiger partial charge in [-0.05, 0) is 42.7 Å². The molecule has 1 heterocycles. The largest absolute Gasteiger partial charge is 0.483 e. The summed E-state index contributed by atoms with van der Waals surface area (Å²) in [5, 5.41) is 2.72. The topological polar surface area (TPSA) is 47.6 Å². The molecule has 0 atom stereocenters. The summed E-state index contributed by atoms with van der Waals surface area (Å²) in [6.45, 7) is 0.607. The molecule has 4 nitrogen and oxygen atoms in total. The number of halogens is 4. The molecule has 0 aliphatic carbocycles. The van der Waals surface area contributed by atoms with Crippen LogP contribution in [0.25, 0.3) is 0 Å². The average molecular weight is 411 g/mol. The zero-order valence-electron chi connectivity index (χ0n) is 15.6. The Morgan fingerprint density at radius 3 is 2.52 bits per heavy atom. The van der Waals surface area contributed by atoms with Crippen molar-refractivity contribution in [3.05, 3.63) is 65.5 Å². The monoisotopic (exact) mass is 411 g/mol. The van der Waals surface area contributed by atoms with E-state index in [2.05, 4.69) is 5.32 Å². The molecule has 3 rings (SSSR count). The highest BCUT2D eigenvalue weighted by molar-refractivity contribution is 5.77. The lowest BCUT2D eigenvalue weighted by Crippen LogP contribution is -2.45. The fourth-order valence-electron chi connectivity index (χ4n) is 3.44. The van der Waals surface area contributed by atoms with E-state index in [4.69, 9.17) is 9.47 Å². The van der Waals surface area contributed by atoms with Crippen LogP contribution < -0.4 is 10.1 Å². The summed E-state index contributed by atoms with van der Waals surface area (Å²) in [5.41, 5.74) is -0.683. The normalized spacial score (nSPS) is 16.3. The Morgan fingerprint density at radius 1 is 1.10 bits per heavy atom. The van der Waals surface area contributed by atoms with E-state index in [-0.39, 0.29) is 12.4 Å². The second kappa shape index (κ2) is 8.82. The highest BCUT2D eigenvalue weighted by atomic mass is 19.4. The SMILES string of the molecule is O=C(COc1ccccc1C(F)(F)F)NCC1(c2cccc(F)c2)CCOCC1. The number of alkyl halides is 3. The molecular weight excluding hydrogens is 390 g/mol. The molecule has 1 aliphatic rings. The van der Waals surface area contributed by atoms with Gasteiger partial charge in [0.2, 0.25) is 0 Å². The summed E-state index contributed by atoms with van der Waals surface area (Å²) in [6, 6.07) is 10.9. The third-order valence-corrected chi connectivity index (χ3v) is 5.06. The first kappa shape index (κ1) is 21.1. The molecule has 1 aliphatic heterocycles. The van der Waals surface area contributed by atoms with Crippen LogP contribution in [0.5, 0.6) is 5.75 Å². The second-order valence-electron chi connectivity index (χ2n) is 6.96. The van der Waals surface area contributed by atoms with Crippen LogP contribution in [0.2, 0.25) is 0 Å². The molecule has 1 saturated heterocycles. The van der Waals surface area contributed by atoms with Crippen LogP contribution in [0, 0.1) is 5.82 Å². The predicted octanol–water partition coefficient (Wildman–Crippen LogP) is 4.09. The number of hydrogen-bond acceptors (Lipinski definition) is 3. The molecule has 1 amide bonds. The molecule has 0 bridgehead atoms. The molecule has 0 spiro atoms. The minimum Gasteiger partial charge on any atom is -0.483 e. The van der Waals surface area contributed by atoms with Crippen molar-refractivity contribution >= 4 is 5.91 Å². The van der Waals surface area contributed by atoms with Crippen molar-refractivity contribution in [2.45, 2.75) is 24.4 Å². The standard InChI is InChI=1S/C21H21F4NO3/c22-16-5-3-4-15(12-16)20(8-10-28-11-9-20)14-26-19(27)13-29-18-7-2-1-6-17(18)21(23,24)25/h1-7,12H,8-11,13-14H2,(H,26,27). The van der Waals surface area contributed by atoms with E-state index < -0.39 is 35.4 Å². The number of benzene rings is 2. The van der Waals surface area contributed by atoms with Crippen molar-refractivity contribution in [1.82, 2.24) is 5.32 Å². The lowest BCUT2D eigenvalue weighted by molar-refractivity contribution is -0.139. The van der Waals surface area contributed by atoms with Crippen molar-refractivity contribution in [1.29, 1.82) is 0 Å². The number of carbonyl (C=O) groups excluding carboxylic acids is 1. The molecule has 1 N–H and O–H groups in total. The molecule has 1 fully saturated rings. The van der Waals surface area contributed by atoms with Gasteiger partial charge in [0.25, 0.3) is 5.91 Å². The van der Waals surface area contributed by atoms with E-state index in [1.165, 1.54) is 30.3 Å². The maximum absolute atomic E-state index is 13.7. The van der Waals surface area contributed by atoms with Crippen molar-refractivity contribution in [3.63, 3.8) is 0 Å². The lowest BCUT2D eigenvalue weighted by Gasteiger charge is -2.38. The van der Waals surface area contributed by atoms with Gasteiger partial charge in [0.05, 0.1) is 5.56 Å². The van der Waals surface area contributed by atoms with Gasteiger partial charge in [-0.25, -0.2) is 4.39 Å². The van der Waals surface area contributed by atoms with Crippen LogP contribution in [-0.2, 0) is 21.1 Å². The van der Waals surface area contributed by atoms with Gasteiger partial charge < -0.3 is 14.8 Å². The molecule has 8 heteroatoms. The third-order valence-electron chi connectivity index (χ3n) is 5.06. The minimum absolute atomic E-state index is 0.211. The molecular formula is C21H21F4NO3. The van der Waals surface area contributed by atoms with Crippen LogP contribution in [-0.4, -0.2) is 32.3 Å². The quantitative estimate of drug-likeness (QED) is 0.729. The number of carbonyl (C=O) groups is 1. The van der Waals surface area contributed by atoms with Gasteiger partial charge in [0.1, 0.15) is 11.6 Å². The third kappa shape index (κ3) is 5.26. The minimum atomic E-state index is -4.57. The molecule has 0 aromatic heterocycles. The summed E-state index contributed by atoms with van der Waals surface area (Å²) >= 11 is 0. The first-order chi connectivity index (χ1) is 13.8. The fraction of sp³-hybridized carbons (Fsp3) is 0.381. The summed E-state index contributed by atoms with van der Waals surface area (Å²) in [6.07, 6.45) is -3.39. The number of amides is 1. The number of ether oxygens (including phenoxy) is 2. The van der Waals surface area contributed by atoms with Crippen LogP contribution in [0.3, 0.4) is 0 Å². The number of hydrogen-bond donors (Lipinski definition) is 1. The average Bonchev–Trinajstić information content (AvgIpc) is 2.71. The highest BCUT2D eigenvalue weighted by Crippen LogP contribution is 2.36. The summed E-state index contributed by atoms with van der Waals surface area (Å²) in [5.74, 6) is -1.32. The molecule has 0 saturated carbocycles. The van der Waals surface area contributed by atoms with E-state index >= 15 is 0 Å². The number of para-hydroxylation sites is 1. The Morgan fingerprint density at radius 2 is 1.83 bits per heavy atom. The van der Waals surface area contributed by atoms with Gasteiger partial charge in [-0.15, -0.1) is 0 Å². The van der Waals surface area contributed by atoms with E-state index in [0.717, 1.165) is 11.6 Å². The molecule has 2 aromatic rings. The Balaban J connectivity index is 1.65. The Kier molecular flexibility index (Phi) is 6.42. The number of nitrogens with one attached hydrogen (secondary N) is 1. The summed E-state index contributed by atoms with van der Waals surface area (Å²) in [4.78, 5) is 12.2. The van der Waals surface area contributed by atoms with E-state index in [9.17, 15) is 22.4 Å². The van der Waals surface area contributed by atoms with E-state index in [1.807, 2.05) is 0 Å². The zero-order chi connectivity index (χ0) is 20.9. The first-order valence-electron chi connectivity index (χ1n) is 9.20. The zero-order valence-corrected chi connectivity index (χ0v) is 15.6. The molecule has 0 unspecified atom stereocenters. The van der Waals surface area contributed by atoms with Crippen molar-refractivity contribution in [3.8, 4) is 5.75 Å². The molecule has 2 aromatic carbocycles. The van der Waals surface area contributed by atoms with E-state index in [1.54, 1.807) is 12.1 Å². The van der Waals surface area contributed by atoms with Gasteiger partial charge in [-0.2, -0.15) is 13.2 Å². The van der Waals surface area contributed by atoms with Crippen LogP contribution >= 0.6 is 0 Å². The highest BCUT2D eigenvalue weighted by Gasteiger charge is 2.36. The van der Waals surface area contributed by atoms with Crippen molar-refractivity contribution < 1.29 is 31.8 Å². The van der Waals surface area contributed by atoms with Crippen LogP contribution in [0.1, 0.15) is 24.0 Å². The maximum Gasteiger partial charge on any atom is 0.419 e. The maximum atomic E-state index is 13.7. The van der Waals surface area contributed by atoms with Gasteiger partial charge >= 0.3 is 6.18 Å². The van der Waals surface area contributed by atoms with Crippen LogP contribution in [0.4, 0.5) is 17.6 Å². The summed E-state index contributed by atoms with van der Waals surface area (Å²) < 4.78 is 63.2. The predicted molar refractivity (Wildman–Crippen MR) is 98.1 cm³/mol. The van der Waals surface area contributed by atoms with Crippen molar-refractivity contribution in [2.24, 2.45) is 0 Å². The van der Waals surface area contributed by atoms with Gasteiger partial charge in [-0.3, -0.25) is 4.79 Å².